The number of nitrogens with zero attached hydrogens (tertiary/aromatic N) is 1. The van der Waals surface area contributed by atoms with E-state index >= 15 is 0 Å². The van der Waals surface area contributed by atoms with Gasteiger partial charge in [-0.25, -0.2) is 9.78 Å². The fourth-order valence-electron chi connectivity index (χ4n) is 1.12. The zero-order valence-electron chi connectivity index (χ0n) is 9.82. The van der Waals surface area contributed by atoms with Gasteiger partial charge >= 0.3 is 6.03 Å². The van der Waals surface area contributed by atoms with Gasteiger partial charge in [-0.2, -0.15) is 0 Å². The van der Waals surface area contributed by atoms with E-state index in [4.69, 9.17) is 5.11 Å². The van der Waals surface area contributed by atoms with Crippen LogP contribution in [0, 0.1) is 11.8 Å². The van der Waals surface area contributed by atoms with E-state index in [2.05, 4.69) is 27.5 Å². The SMILES string of the molecule is CC(C)NC(=O)Nc1cccc(C#CCO)n1. The van der Waals surface area contributed by atoms with Gasteiger partial charge in [-0.3, -0.25) is 5.32 Å². The number of aromatic nitrogens is 1. The lowest BCUT2D eigenvalue weighted by molar-refractivity contribution is 0.250. The second-order valence-corrected chi connectivity index (χ2v) is 3.62. The van der Waals surface area contributed by atoms with Crippen molar-refractivity contribution in [3.63, 3.8) is 0 Å². The number of anilines is 1. The molecule has 0 saturated carbocycles. The van der Waals surface area contributed by atoms with Crippen molar-refractivity contribution in [1.82, 2.24) is 10.3 Å². The molecule has 0 atom stereocenters. The molecule has 0 saturated heterocycles. The van der Waals surface area contributed by atoms with E-state index in [-0.39, 0.29) is 18.7 Å². The highest BCUT2D eigenvalue weighted by Crippen LogP contribution is 2.03. The number of aliphatic hydroxyl groups is 1. The van der Waals surface area contributed by atoms with Gasteiger partial charge in [0.25, 0.3) is 0 Å². The maximum atomic E-state index is 11.4. The largest absolute Gasteiger partial charge is 0.384 e. The quantitative estimate of drug-likeness (QED) is 0.666. The predicted molar refractivity (Wildman–Crippen MR) is 65.5 cm³/mol. The Morgan fingerprint density at radius 3 is 2.94 bits per heavy atom. The van der Waals surface area contributed by atoms with Crippen molar-refractivity contribution in [3.8, 4) is 11.8 Å². The van der Waals surface area contributed by atoms with Gasteiger partial charge in [0.2, 0.25) is 0 Å². The Bertz CT molecular complexity index is 447. The Balaban J connectivity index is 2.68. The van der Waals surface area contributed by atoms with Crippen LogP contribution in [0.4, 0.5) is 10.6 Å². The normalized spacial score (nSPS) is 9.41. The first-order valence-electron chi connectivity index (χ1n) is 5.26. The average Bonchev–Trinajstić information content (AvgIpc) is 2.25. The van der Waals surface area contributed by atoms with Crippen LogP contribution in [-0.4, -0.2) is 28.8 Å². The summed E-state index contributed by atoms with van der Waals surface area (Å²) < 4.78 is 0. The van der Waals surface area contributed by atoms with Crippen molar-refractivity contribution >= 4 is 11.8 Å². The van der Waals surface area contributed by atoms with Gasteiger partial charge in [0.15, 0.2) is 0 Å². The van der Waals surface area contributed by atoms with Crippen LogP contribution in [0.25, 0.3) is 0 Å². The Labute approximate surface area is 100 Å². The van der Waals surface area contributed by atoms with E-state index in [9.17, 15) is 4.79 Å². The van der Waals surface area contributed by atoms with Crippen LogP contribution < -0.4 is 10.6 Å². The van der Waals surface area contributed by atoms with Crippen LogP contribution >= 0.6 is 0 Å². The Morgan fingerprint density at radius 1 is 1.53 bits per heavy atom. The van der Waals surface area contributed by atoms with Crippen molar-refractivity contribution in [2.75, 3.05) is 11.9 Å². The summed E-state index contributed by atoms with van der Waals surface area (Å²) >= 11 is 0. The molecule has 0 fully saturated rings. The minimum absolute atomic E-state index is 0.0624. The minimum atomic E-state index is -0.306. The summed E-state index contributed by atoms with van der Waals surface area (Å²) in [5.74, 6) is 5.58. The molecule has 0 aliphatic carbocycles. The molecule has 1 aromatic heterocycles. The van der Waals surface area contributed by atoms with Crippen LogP contribution in [-0.2, 0) is 0 Å². The summed E-state index contributed by atoms with van der Waals surface area (Å²) in [4.78, 5) is 15.5. The van der Waals surface area contributed by atoms with Crippen LogP contribution in [0.15, 0.2) is 18.2 Å². The molecular formula is C12H15N3O2. The third-order valence-electron chi connectivity index (χ3n) is 1.71. The summed E-state index contributed by atoms with van der Waals surface area (Å²) in [7, 11) is 0. The molecule has 0 unspecified atom stereocenters. The molecule has 1 aromatic rings. The smallest absolute Gasteiger partial charge is 0.320 e. The van der Waals surface area contributed by atoms with Gasteiger partial charge in [0.1, 0.15) is 18.1 Å². The van der Waals surface area contributed by atoms with Gasteiger partial charge in [-0.1, -0.05) is 12.0 Å². The summed E-state index contributed by atoms with van der Waals surface area (Å²) in [6.07, 6.45) is 0. The van der Waals surface area contributed by atoms with Crippen molar-refractivity contribution < 1.29 is 9.90 Å². The lowest BCUT2D eigenvalue weighted by atomic mass is 10.3. The molecule has 0 aromatic carbocycles. The fraction of sp³-hybridized carbons (Fsp3) is 0.333. The zero-order chi connectivity index (χ0) is 12.7. The monoisotopic (exact) mass is 233 g/mol. The molecule has 5 heteroatoms. The average molecular weight is 233 g/mol. The van der Waals surface area contributed by atoms with E-state index in [1.807, 2.05) is 13.8 Å². The number of urea groups is 1. The molecule has 2 amide bonds. The van der Waals surface area contributed by atoms with E-state index in [1.54, 1.807) is 18.2 Å². The Kier molecular flexibility index (Phi) is 4.98. The number of hydrogen-bond acceptors (Lipinski definition) is 3. The molecule has 17 heavy (non-hydrogen) atoms. The Morgan fingerprint density at radius 2 is 2.29 bits per heavy atom. The van der Waals surface area contributed by atoms with Crippen molar-refractivity contribution in [3.05, 3.63) is 23.9 Å². The summed E-state index contributed by atoms with van der Waals surface area (Å²) in [5.41, 5.74) is 0.501. The lowest BCUT2D eigenvalue weighted by Crippen LogP contribution is -2.34. The van der Waals surface area contributed by atoms with Crippen LogP contribution in [0.5, 0.6) is 0 Å². The van der Waals surface area contributed by atoms with Crippen molar-refractivity contribution in [2.45, 2.75) is 19.9 Å². The number of pyridine rings is 1. The highest BCUT2D eigenvalue weighted by molar-refractivity contribution is 5.88. The van der Waals surface area contributed by atoms with E-state index in [0.29, 0.717) is 11.5 Å². The number of carbonyl (C=O) groups excluding carboxylic acids is 1. The lowest BCUT2D eigenvalue weighted by Gasteiger charge is -2.09. The third kappa shape index (κ3) is 5.00. The molecule has 90 valence electrons. The van der Waals surface area contributed by atoms with Gasteiger partial charge in [0.05, 0.1) is 0 Å². The first-order chi connectivity index (χ1) is 8.11. The fourth-order valence-corrected chi connectivity index (χ4v) is 1.12. The summed E-state index contributed by atoms with van der Waals surface area (Å²) in [6.45, 7) is 3.53. The molecule has 0 spiro atoms. The maximum Gasteiger partial charge on any atom is 0.320 e. The zero-order valence-corrected chi connectivity index (χ0v) is 9.82. The van der Waals surface area contributed by atoms with Crippen LogP contribution in [0.3, 0.4) is 0 Å². The molecule has 0 radical (unpaired) electrons. The Hall–Kier alpha value is -2.06. The first-order valence-corrected chi connectivity index (χ1v) is 5.26. The standard InChI is InChI=1S/C12H15N3O2/c1-9(2)13-12(17)15-11-7-3-5-10(14-11)6-4-8-16/h3,5,7,9,16H,8H2,1-2H3,(H2,13,14,15,17). The molecule has 1 heterocycles. The van der Waals surface area contributed by atoms with E-state index in [1.165, 1.54) is 0 Å². The second kappa shape index (κ2) is 6.51. The number of hydrogen-bond donors (Lipinski definition) is 3. The third-order valence-corrected chi connectivity index (χ3v) is 1.71. The van der Waals surface area contributed by atoms with Gasteiger partial charge < -0.3 is 10.4 Å². The van der Waals surface area contributed by atoms with Crippen LogP contribution in [0.1, 0.15) is 19.5 Å². The van der Waals surface area contributed by atoms with Crippen LogP contribution in [0.2, 0.25) is 0 Å². The molecule has 0 bridgehead atoms. The van der Waals surface area contributed by atoms with Crippen molar-refractivity contribution in [1.29, 1.82) is 0 Å². The van der Waals surface area contributed by atoms with Gasteiger partial charge in [0, 0.05) is 6.04 Å². The van der Waals surface area contributed by atoms with Crippen molar-refractivity contribution in [2.24, 2.45) is 0 Å². The summed E-state index contributed by atoms with van der Waals surface area (Å²) in [5, 5.41) is 13.8. The highest BCUT2D eigenvalue weighted by Gasteiger charge is 2.03. The molecule has 3 N–H and O–H groups in total. The predicted octanol–water partition coefficient (Wildman–Crippen LogP) is 0.955. The second-order valence-electron chi connectivity index (χ2n) is 3.62. The van der Waals surface area contributed by atoms with E-state index < -0.39 is 0 Å². The summed E-state index contributed by atoms with van der Waals surface area (Å²) in [6, 6.07) is 4.87. The van der Waals surface area contributed by atoms with Gasteiger partial charge in [-0.15, -0.1) is 0 Å². The number of nitrogens with one attached hydrogen (secondary N) is 2. The number of rotatable bonds is 2. The molecule has 5 nitrogen and oxygen atoms in total. The minimum Gasteiger partial charge on any atom is -0.384 e. The topological polar surface area (TPSA) is 74.2 Å². The highest BCUT2D eigenvalue weighted by atomic mass is 16.2. The number of aliphatic hydroxyl groups excluding tert-OH is 1. The first kappa shape index (κ1) is 13.0. The molecular weight excluding hydrogens is 218 g/mol. The van der Waals surface area contributed by atoms with Gasteiger partial charge in [-0.05, 0) is 31.9 Å². The number of carbonyl (C=O) groups is 1. The molecule has 1 rings (SSSR count). The maximum absolute atomic E-state index is 11.4. The number of amides is 2. The molecule has 0 aliphatic rings. The van der Waals surface area contributed by atoms with E-state index in [0.717, 1.165) is 0 Å². The molecule has 0 aliphatic heterocycles.